The summed E-state index contributed by atoms with van der Waals surface area (Å²) in [5, 5.41) is 10.1. The van der Waals surface area contributed by atoms with Crippen molar-refractivity contribution >= 4 is 39.2 Å². The molecule has 0 atom stereocenters. The van der Waals surface area contributed by atoms with Gasteiger partial charge >= 0.3 is 5.97 Å². The van der Waals surface area contributed by atoms with E-state index in [0.717, 1.165) is 30.5 Å². The van der Waals surface area contributed by atoms with Crippen LogP contribution in [-0.2, 0) is 27.7 Å². The van der Waals surface area contributed by atoms with E-state index < -0.39 is 16.0 Å². The summed E-state index contributed by atoms with van der Waals surface area (Å²) in [5.41, 5.74) is 2.36. The number of nitrogens with zero attached hydrogens (tertiary/aromatic N) is 2. The molecule has 1 saturated heterocycles. The molecule has 0 unspecified atom stereocenters. The molecule has 2 aromatic rings. The Morgan fingerprint density at radius 3 is 2.35 bits per heavy atom. The number of carboxylic acid groups (broad SMARTS) is 1. The first-order valence-corrected chi connectivity index (χ1v) is 12.3. The summed E-state index contributed by atoms with van der Waals surface area (Å²) in [4.78, 5) is 13.4. The van der Waals surface area contributed by atoms with Gasteiger partial charge in [0.2, 0.25) is 10.0 Å². The Kier molecular flexibility index (Phi) is 7.99. The summed E-state index contributed by atoms with van der Waals surface area (Å²) >= 11 is 12.0. The van der Waals surface area contributed by atoms with Crippen molar-refractivity contribution in [3.63, 3.8) is 0 Å². The number of sulfonamides is 1. The number of halogens is 2. The lowest BCUT2D eigenvalue weighted by Gasteiger charge is -2.34. The first kappa shape index (κ1) is 24.0. The number of benzene rings is 2. The molecule has 1 heterocycles. The van der Waals surface area contributed by atoms with Crippen LogP contribution in [0.2, 0.25) is 10.0 Å². The van der Waals surface area contributed by atoms with Crippen molar-refractivity contribution in [3.05, 3.63) is 63.1 Å². The summed E-state index contributed by atoms with van der Waals surface area (Å²) in [5.74, 6) is -0.983. The van der Waals surface area contributed by atoms with Gasteiger partial charge in [-0.1, -0.05) is 35.3 Å². The number of rotatable bonds is 8. The van der Waals surface area contributed by atoms with Gasteiger partial charge in [-0.15, -0.1) is 0 Å². The average Bonchev–Trinajstić information content (AvgIpc) is 2.70. The highest BCUT2D eigenvalue weighted by Crippen LogP contribution is 2.24. The Bertz CT molecular complexity index is 1050. The number of carboxylic acids is 1. The molecule has 0 aromatic heterocycles. The van der Waals surface area contributed by atoms with Crippen molar-refractivity contribution in [2.24, 2.45) is 0 Å². The molecule has 2 aromatic carbocycles. The first-order valence-electron chi connectivity index (χ1n) is 10.1. The molecule has 0 aliphatic carbocycles. The number of aliphatic carboxylic acids is 1. The number of hydrogen-bond acceptors (Lipinski definition) is 4. The molecule has 0 saturated carbocycles. The highest BCUT2D eigenvalue weighted by molar-refractivity contribution is 7.89. The lowest BCUT2D eigenvalue weighted by molar-refractivity contribution is -0.136. The molecule has 168 valence electrons. The van der Waals surface area contributed by atoms with Gasteiger partial charge in [0.25, 0.3) is 0 Å². The molecule has 1 N–H and O–H groups in total. The van der Waals surface area contributed by atoms with Crippen LogP contribution in [-0.4, -0.2) is 61.4 Å². The SMILES string of the molecule is Cc1cc(CC(=O)O)cc(S(=O)(=O)N2CCN(CCCc3ccc(Cl)c(Cl)c3)CC2)c1. The van der Waals surface area contributed by atoms with E-state index in [2.05, 4.69) is 4.90 Å². The predicted molar refractivity (Wildman–Crippen MR) is 123 cm³/mol. The summed E-state index contributed by atoms with van der Waals surface area (Å²) in [7, 11) is -3.65. The van der Waals surface area contributed by atoms with Crippen LogP contribution < -0.4 is 0 Å². The smallest absolute Gasteiger partial charge is 0.307 e. The van der Waals surface area contributed by atoms with Crippen molar-refractivity contribution in [2.45, 2.75) is 31.1 Å². The number of carbonyl (C=O) groups is 1. The van der Waals surface area contributed by atoms with E-state index in [1.54, 1.807) is 25.1 Å². The van der Waals surface area contributed by atoms with E-state index in [0.29, 0.717) is 41.8 Å². The zero-order chi connectivity index (χ0) is 22.6. The lowest BCUT2D eigenvalue weighted by atomic mass is 10.1. The van der Waals surface area contributed by atoms with Crippen LogP contribution in [0.5, 0.6) is 0 Å². The van der Waals surface area contributed by atoms with Gasteiger partial charge in [-0.05, 0) is 67.3 Å². The van der Waals surface area contributed by atoms with Crippen LogP contribution in [0.4, 0.5) is 0 Å². The maximum atomic E-state index is 13.1. The molecule has 0 spiro atoms. The third-order valence-corrected chi connectivity index (χ3v) is 7.97. The summed E-state index contributed by atoms with van der Waals surface area (Å²) < 4.78 is 27.6. The van der Waals surface area contributed by atoms with Crippen LogP contribution in [0.25, 0.3) is 0 Å². The minimum absolute atomic E-state index is 0.164. The van der Waals surface area contributed by atoms with Gasteiger partial charge in [0.1, 0.15) is 0 Å². The quantitative estimate of drug-likeness (QED) is 0.615. The van der Waals surface area contributed by atoms with Gasteiger partial charge in [-0.25, -0.2) is 8.42 Å². The fourth-order valence-electron chi connectivity index (χ4n) is 3.79. The monoisotopic (exact) mass is 484 g/mol. The minimum Gasteiger partial charge on any atom is -0.481 e. The molecule has 3 rings (SSSR count). The highest BCUT2D eigenvalue weighted by atomic mass is 35.5. The fourth-order valence-corrected chi connectivity index (χ4v) is 5.69. The summed E-state index contributed by atoms with van der Waals surface area (Å²) in [6.45, 7) is 4.80. The van der Waals surface area contributed by atoms with Gasteiger partial charge in [-0.3, -0.25) is 4.79 Å². The molecule has 1 aliphatic heterocycles. The lowest BCUT2D eigenvalue weighted by Crippen LogP contribution is -2.48. The number of hydrogen-bond donors (Lipinski definition) is 1. The largest absolute Gasteiger partial charge is 0.481 e. The van der Waals surface area contributed by atoms with Crippen molar-refractivity contribution in [1.82, 2.24) is 9.21 Å². The van der Waals surface area contributed by atoms with Crippen molar-refractivity contribution < 1.29 is 18.3 Å². The fraction of sp³-hybridized carbons (Fsp3) is 0.409. The van der Waals surface area contributed by atoms with Gasteiger partial charge in [-0.2, -0.15) is 4.31 Å². The second kappa shape index (κ2) is 10.3. The number of piperazine rings is 1. The molecule has 31 heavy (non-hydrogen) atoms. The van der Waals surface area contributed by atoms with Gasteiger partial charge < -0.3 is 10.0 Å². The molecule has 1 aliphatic rings. The Balaban J connectivity index is 1.55. The van der Waals surface area contributed by atoms with E-state index in [1.807, 2.05) is 12.1 Å². The van der Waals surface area contributed by atoms with Crippen molar-refractivity contribution in [2.75, 3.05) is 32.7 Å². The molecule has 0 radical (unpaired) electrons. The van der Waals surface area contributed by atoms with Crippen LogP contribution in [0.1, 0.15) is 23.1 Å². The Morgan fingerprint density at radius 2 is 1.71 bits per heavy atom. The van der Waals surface area contributed by atoms with E-state index in [9.17, 15) is 13.2 Å². The zero-order valence-electron chi connectivity index (χ0n) is 17.4. The van der Waals surface area contributed by atoms with Gasteiger partial charge in [0.15, 0.2) is 0 Å². The third kappa shape index (κ3) is 6.43. The van der Waals surface area contributed by atoms with E-state index >= 15 is 0 Å². The Labute approximate surface area is 193 Å². The molecular weight excluding hydrogens is 459 g/mol. The van der Waals surface area contributed by atoms with E-state index in [1.165, 1.54) is 10.4 Å². The normalized spacial score (nSPS) is 15.8. The molecule has 0 amide bonds. The standard InChI is InChI=1S/C22H26Cl2N2O4S/c1-16-11-18(15-22(27)28)13-19(12-16)31(29,30)26-9-7-25(8-10-26)6-2-3-17-4-5-20(23)21(24)14-17/h4-5,11-14H,2-3,6-10,15H2,1H3,(H,27,28). The highest BCUT2D eigenvalue weighted by Gasteiger charge is 2.28. The predicted octanol–water partition coefficient (Wildman–Crippen LogP) is 3.87. The maximum absolute atomic E-state index is 13.1. The second-order valence-corrected chi connectivity index (χ2v) is 10.6. The van der Waals surface area contributed by atoms with Crippen LogP contribution in [0.15, 0.2) is 41.3 Å². The minimum atomic E-state index is -3.65. The molecule has 0 bridgehead atoms. The van der Waals surface area contributed by atoms with Gasteiger partial charge in [0, 0.05) is 26.2 Å². The number of aryl methyl sites for hydroxylation is 2. The summed E-state index contributed by atoms with van der Waals surface area (Å²) in [6, 6.07) is 10.4. The van der Waals surface area contributed by atoms with Crippen molar-refractivity contribution in [3.8, 4) is 0 Å². The van der Waals surface area contributed by atoms with Crippen LogP contribution in [0, 0.1) is 6.92 Å². The maximum Gasteiger partial charge on any atom is 0.307 e. The zero-order valence-corrected chi connectivity index (χ0v) is 19.7. The van der Waals surface area contributed by atoms with Crippen LogP contribution in [0.3, 0.4) is 0 Å². The topological polar surface area (TPSA) is 77.9 Å². The molecule has 9 heteroatoms. The Hall–Kier alpha value is -1.64. The molecule has 1 fully saturated rings. The molecular formula is C22H26Cl2N2O4S. The summed E-state index contributed by atoms with van der Waals surface area (Å²) in [6.07, 6.45) is 1.63. The third-order valence-electron chi connectivity index (χ3n) is 5.36. The van der Waals surface area contributed by atoms with Crippen LogP contribution >= 0.6 is 23.2 Å². The molecule has 6 nitrogen and oxygen atoms in total. The van der Waals surface area contributed by atoms with Crippen molar-refractivity contribution in [1.29, 1.82) is 0 Å². The average molecular weight is 485 g/mol. The Morgan fingerprint density at radius 1 is 1.00 bits per heavy atom. The van der Waals surface area contributed by atoms with Gasteiger partial charge in [0.05, 0.1) is 21.4 Å². The van der Waals surface area contributed by atoms with E-state index in [4.69, 9.17) is 28.3 Å². The second-order valence-electron chi connectivity index (χ2n) is 7.82. The van der Waals surface area contributed by atoms with E-state index in [-0.39, 0.29) is 11.3 Å². The first-order chi connectivity index (χ1) is 14.6.